The summed E-state index contributed by atoms with van der Waals surface area (Å²) in [7, 11) is 1.47. The molecule has 0 saturated heterocycles. The summed E-state index contributed by atoms with van der Waals surface area (Å²) in [6.07, 6.45) is -5.01. The van der Waals surface area contributed by atoms with Gasteiger partial charge in [0.2, 0.25) is 0 Å². The van der Waals surface area contributed by atoms with Gasteiger partial charge in [0.15, 0.2) is 11.5 Å². The van der Waals surface area contributed by atoms with Crippen LogP contribution in [0.25, 0.3) is 0 Å². The standard InChI is InChI=1S/C16H13F3N2O4/c1-23-11-8-6-10(7-9-11)20-14(22)21-16(15(17,18)19)24-12-4-2-3-5-13(12)25-16/h2-9H,1H3,(H2,20,21,22). The third-order valence-corrected chi connectivity index (χ3v) is 3.36. The van der Waals surface area contributed by atoms with Crippen molar-refractivity contribution >= 4 is 11.7 Å². The van der Waals surface area contributed by atoms with Crippen LogP contribution < -0.4 is 24.8 Å². The van der Waals surface area contributed by atoms with E-state index in [9.17, 15) is 18.0 Å². The molecular weight excluding hydrogens is 341 g/mol. The molecule has 9 heteroatoms. The van der Waals surface area contributed by atoms with E-state index in [2.05, 4.69) is 5.32 Å². The number of halogens is 3. The molecule has 1 aliphatic heterocycles. The van der Waals surface area contributed by atoms with Crippen molar-refractivity contribution in [3.8, 4) is 17.2 Å². The lowest BCUT2D eigenvalue weighted by Crippen LogP contribution is -2.65. The van der Waals surface area contributed by atoms with Crippen LogP contribution >= 0.6 is 0 Å². The van der Waals surface area contributed by atoms with Gasteiger partial charge in [0, 0.05) is 5.69 Å². The molecule has 1 aliphatic rings. The predicted octanol–water partition coefficient (Wildman–Crippen LogP) is 3.50. The summed E-state index contributed by atoms with van der Waals surface area (Å²) >= 11 is 0. The number of ether oxygens (including phenoxy) is 3. The fourth-order valence-corrected chi connectivity index (χ4v) is 2.17. The van der Waals surface area contributed by atoms with Crippen LogP contribution in [0.5, 0.6) is 17.2 Å². The quantitative estimate of drug-likeness (QED) is 0.885. The van der Waals surface area contributed by atoms with E-state index in [1.165, 1.54) is 43.5 Å². The summed E-state index contributed by atoms with van der Waals surface area (Å²) in [4.78, 5) is 12.0. The zero-order valence-electron chi connectivity index (χ0n) is 12.9. The molecule has 132 valence electrons. The second kappa shape index (κ2) is 6.08. The van der Waals surface area contributed by atoms with Gasteiger partial charge >= 0.3 is 18.1 Å². The van der Waals surface area contributed by atoms with E-state index in [1.54, 1.807) is 17.4 Å². The Kier molecular flexibility index (Phi) is 4.07. The predicted molar refractivity (Wildman–Crippen MR) is 81.6 cm³/mol. The first kappa shape index (κ1) is 16.7. The highest BCUT2D eigenvalue weighted by Gasteiger charge is 2.65. The molecule has 0 radical (unpaired) electrons. The van der Waals surface area contributed by atoms with Crippen molar-refractivity contribution in [1.29, 1.82) is 0 Å². The Morgan fingerprint density at radius 1 is 1.04 bits per heavy atom. The minimum absolute atomic E-state index is 0.121. The van der Waals surface area contributed by atoms with E-state index in [0.717, 1.165) is 0 Å². The molecule has 0 unspecified atom stereocenters. The van der Waals surface area contributed by atoms with Crippen LogP contribution in [0.1, 0.15) is 0 Å². The number of anilines is 1. The van der Waals surface area contributed by atoms with Gasteiger partial charge in [-0.3, -0.25) is 5.32 Å². The first-order chi connectivity index (χ1) is 11.8. The lowest BCUT2D eigenvalue weighted by molar-refractivity contribution is -0.317. The number of para-hydroxylation sites is 2. The Balaban J connectivity index is 1.76. The largest absolute Gasteiger partial charge is 0.497 e. The van der Waals surface area contributed by atoms with Gasteiger partial charge in [0.25, 0.3) is 0 Å². The maximum atomic E-state index is 13.5. The van der Waals surface area contributed by atoms with Crippen LogP contribution in [0.2, 0.25) is 0 Å². The van der Waals surface area contributed by atoms with Crippen molar-refractivity contribution in [2.24, 2.45) is 0 Å². The number of fused-ring (bicyclic) bond motifs is 1. The molecule has 0 bridgehead atoms. The number of benzene rings is 2. The molecule has 0 saturated carbocycles. The highest BCUT2D eigenvalue weighted by atomic mass is 19.4. The number of nitrogens with one attached hydrogen (secondary N) is 2. The fourth-order valence-electron chi connectivity index (χ4n) is 2.17. The number of amides is 2. The van der Waals surface area contributed by atoms with Crippen LogP contribution in [0.4, 0.5) is 23.7 Å². The number of urea groups is 1. The number of carbonyl (C=O) groups is 1. The fraction of sp³-hybridized carbons (Fsp3) is 0.188. The minimum Gasteiger partial charge on any atom is -0.497 e. The number of methoxy groups -OCH3 is 1. The van der Waals surface area contributed by atoms with E-state index in [4.69, 9.17) is 14.2 Å². The van der Waals surface area contributed by atoms with Gasteiger partial charge in [-0.15, -0.1) is 0 Å². The van der Waals surface area contributed by atoms with Crippen LogP contribution in [-0.2, 0) is 0 Å². The molecule has 0 aliphatic carbocycles. The number of hydrogen-bond acceptors (Lipinski definition) is 4. The molecule has 2 N–H and O–H groups in total. The van der Waals surface area contributed by atoms with E-state index < -0.39 is 18.1 Å². The van der Waals surface area contributed by atoms with Gasteiger partial charge in [0.1, 0.15) is 5.75 Å². The number of alkyl halides is 3. The van der Waals surface area contributed by atoms with Crippen molar-refractivity contribution in [2.75, 3.05) is 12.4 Å². The lowest BCUT2D eigenvalue weighted by Gasteiger charge is -2.29. The van der Waals surface area contributed by atoms with Gasteiger partial charge in [-0.1, -0.05) is 12.1 Å². The Hall–Kier alpha value is -3.10. The highest BCUT2D eigenvalue weighted by molar-refractivity contribution is 5.89. The van der Waals surface area contributed by atoms with Gasteiger partial charge in [-0.2, -0.15) is 13.2 Å². The molecule has 2 aromatic rings. The molecule has 2 amide bonds. The van der Waals surface area contributed by atoms with E-state index >= 15 is 0 Å². The lowest BCUT2D eigenvalue weighted by atomic mass is 10.3. The Labute approximate surface area is 140 Å². The SMILES string of the molecule is COc1ccc(NC(=O)NC2(C(F)(F)F)Oc3ccccc3O2)cc1. The molecule has 0 spiro atoms. The molecular formula is C16H13F3N2O4. The average molecular weight is 354 g/mol. The topological polar surface area (TPSA) is 68.8 Å². The van der Waals surface area contributed by atoms with E-state index in [0.29, 0.717) is 5.75 Å². The summed E-state index contributed by atoms with van der Waals surface area (Å²) in [5.41, 5.74) is 0.270. The van der Waals surface area contributed by atoms with Crippen LogP contribution in [0.3, 0.4) is 0 Å². The smallest absolute Gasteiger partial charge is 0.492 e. The summed E-state index contributed by atoms with van der Waals surface area (Å²) in [6.45, 7) is 0. The molecule has 0 aromatic heterocycles. The zero-order chi connectivity index (χ0) is 18.1. The average Bonchev–Trinajstić information content (AvgIpc) is 2.94. The van der Waals surface area contributed by atoms with Gasteiger partial charge < -0.3 is 19.5 Å². The van der Waals surface area contributed by atoms with Crippen molar-refractivity contribution in [3.63, 3.8) is 0 Å². The molecule has 0 fully saturated rings. The Morgan fingerprint density at radius 2 is 1.60 bits per heavy atom. The van der Waals surface area contributed by atoms with Crippen molar-refractivity contribution < 1.29 is 32.2 Å². The summed E-state index contributed by atoms with van der Waals surface area (Å²) < 4.78 is 55.1. The van der Waals surface area contributed by atoms with Gasteiger partial charge in [-0.05, 0) is 36.4 Å². The second-order valence-corrected chi connectivity index (χ2v) is 5.07. The van der Waals surface area contributed by atoms with E-state index in [-0.39, 0.29) is 17.2 Å². The maximum Gasteiger partial charge on any atom is 0.492 e. The van der Waals surface area contributed by atoms with Crippen LogP contribution in [-0.4, -0.2) is 25.2 Å². The molecule has 0 atom stereocenters. The highest BCUT2D eigenvalue weighted by Crippen LogP contribution is 2.44. The summed E-state index contributed by atoms with van der Waals surface area (Å²) in [6, 6.07) is 10.5. The third kappa shape index (κ3) is 3.25. The molecule has 25 heavy (non-hydrogen) atoms. The van der Waals surface area contributed by atoms with Crippen LogP contribution in [0, 0.1) is 0 Å². The van der Waals surface area contributed by atoms with Gasteiger partial charge in [-0.25, -0.2) is 4.79 Å². The minimum atomic E-state index is -5.01. The van der Waals surface area contributed by atoms with Crippen molar-refractivity contribution in [2.45, 2.75) is 12.1 Å². The molecule has 3 rings (SSSR count). The number of hydrogen-bond donors (Lipinski definition) is 2. The molecule has 1 heterocycles. The monoisotopic (exact) mass is 354 g/mol. The first-order valence-electron chi connectivity index (χ1n) is 7.10. The number of rotatable bonds is 3. The third-order valence-electron chi connectivity index (χ3n) is 3.36. The second-order valence-electron chi connectivity index (χ2n) is 5.07. The molecule has 6 nitrogen and oxygen atoms in total. The van der Waals surface area contributed by atoms with Gasteiger partial charge in [0.05, 0.1) is 7.11 Å². The summed E-state index contributed by atoms with van der Waals surface area (Å²) in [5, 5.41) is 3.98. The van der Waals surface area contributed by atoms with E-state index in [1.807, 2.05) is 0 Å². The number of carbonyl (C=O) groups excluding carboxylic acids is 1. The molecule has 2 aromatic carbocycles. The summed E-state index contributed by atoms with van der Waals surface area (Å²) in [5.74, 6) is -3.00. The zero-order valence-corrected chi connectivity index (χ0v) is 12.9. The Morgan fingerprint density at radius 3 is 2.08 bits per heavy atom. The van der Waals surface area contributed by atoms with Crippen molar-refractivity contribution in [3.05, 3.63) is 48.5 Å². The first-order valence-corrected chi connectivity index (χ1v) is 7.10. The Bertz CT molecular complexity index is 753. The van der Waals surface area contributed by atoms with Crippen molar-refractivity contribution in [1.82, 2.24) is 5.32 Å². The maximum absolute atomic E-state index is 13.5. The normalized spacial score (nSPS) is 14.7. The van der Waals surface area contributed by atoms with Crippen LogP contribution in [0.15, 0.2) is 48.5 Å².